The minimum absolute atomic E-state index is 0.253. The van der Waals surface area contributed by atoms with Gasteiger partial charge in [-0.1, -0.05) is 25.1 Å². The Morgan fingerprint density at radius 3 is 2.95 bits per heavy atom. The number of urea groups is 1. The summed E-state index contributed by atoms with van der Waals surface area (Å²) in [5.74, 6) is 0.670. The number of likely N-dealkylation sites (tertiary alicyclic amines) is 1. The van der Waals surface area contributed by atoms with Crippen LogP contribution in [0.15, 0.2) is 30.5 Å². The van der Waals surface area contributed by atoms with Gasteiger partial charge in [0.1, 0.15) is 0 Å². The zero-order valence-corrected chi connectivity index (χ0v) is 12.6. The van der Waals surface area contributed by atoms with Gasteiger partial charge < -0.3 is 16.0 Å². The molecule has 1 fully saturated rings. The number of rotatable bonds is 2. The maximum absolute atomic E-state index is 11.5. The number of benzene rings is 1. The fraction of sp³-hybridized carbons (Fsp3) is 0.353. The number of aromatic nitrogens is 1. The lowest BCUT2D eigenvalue weighted by Crippen LogP contribution is -2.45. The van der Waals surface area contributed by atoms with E-state index in [1.165, 1.54) is 11.8 Å². The summed E-state index contributed by atoms with van der Waals surface area (Å²) in [7, 11) is 0. The summed E-state index contributed by atoms with van der Waals surface area (Å²) in [6.45, 7) is 3.52. The molecule has 3 N–H and O–H groups in total. The molecule has 0 saturated carbocycles. The van der Waals surface area contributed by atoms with E-state index in [0.717, 1.165) is 29.4 Å². The van der Waals surface area contributed by atoms with Crippen molar-refractivity contribution in [3.63, 3.8) is 0 Å². The van der Waals surface area contributed by atoms with Crippen LogP contribution in [0.3, 0.4) is 0 Å². The van der Waals surface area contributed by atoms with E-state index in [4.69, 9.17) is 11.1 Å². The van der Waals surface area contributed by atoms with Crippen molar-refractivity contribution >= 4 is 23.1 Å². The number of nitrogens with one attached hydrogen (secondary N) is 1. The molecular formula is C17H20N4O. The van der Waals surface area contributed by atoms with Crippen LogP contribution >= 0.6 is 0 Å². The number of hydrogen-bond donors (Lipinski definition) is 2. The fourth-order valence-corrected chi connectivity index (χ4v) is 3.45. The van der Waals surface area contributed by atoms with Crippen LogP contribution in [0.2, 0.25) is 0 Å². The van der Waals surface area contributed by atoms with E-state index in [2.05, 4.69) is 18.0 Å². The normalized spacial score (nSPS) is 21.8. The molecule has 0 aliphatic carbocycles. The zero-order chi connectivity index (χ0) is 15.7. The van der Waals surface area contributed by atoms with Gasteiger partial charge in [0, 0.05) is 42.4 Å². The standard InChI is InChI=1S/C17H20N4O/c1-11-7-13(10-21(9-11)17(19)22)14-5-4-12(8-18)16-15(14)3-2-6-20-16/h2-6,8,11,13,18H,7,9-10H2,1H3,(H2,19,22)/t11-,13+/m1/s1. The van der Waals surface area contributed by atoms with Crippen molar-refractivity contribution in [2.24, 2.45) is 11.7 Å². The maximum atomic E-state index is 11.5. The molecule has 1 aliphatic heterocycles. The van der Waals surface area contributed by atoms with E-state index in [1.54, 1.807) is 11.1 Å². The van der Waals surface area contributed by atoms with Gasteiger partial charge in [-0.05, 0) is 24.0 Å². The Labute approximate surface area is 129 Å². The number of fused-ring (bicyclic) bond motifs is 1. The Morgan fingerprint density at radius 2 is 2.23 bits per heavy atom. The molecule has 1 aromatic carbocycles. The Hall–Kier alpha value is -2.43. The Kier molecular flexibility index (Phi) is 3.79. The van der Waals surface area contributed by atoms with Crippen molar-refractivity contribution in [1.29, 1.82) is 5.41 Å². The number of carbonyl (C=O) groups is 1. The molecule has 1 aliphatic rings. The summed E-state index contributed by atoms with van der Waals surface area (Å²) < 4.78 is 0. The summed E-state index contributed by atoms with van der Waals surface area (Å²) in [5.41, 5.74) is 8.32. The lowest BCUT2D eigenvalue weighted by molar-refractivity contribution is 0.168. The summed E-state index contributed by atoms with van der Waals surface area (Å²) in [5, 5.41) is 8.59. The van der Waals surface area contributed by atoms with Crippen molar-refractivity contribution in [1.82, 2.24) is 9.88 Å². The zero-order valence-electron chi connectivity index (χ0n) is 12.6. The number of primary amides is 1. The molecule has 3 rings (SSSR count). The van der Waals surface area contributed by atoms with Gasteiger partial charge in [-0.15, -0.1) is 0 Å². The lowest BCUT2D eigenvalue weighted by atomic mass is 9.83. The SMILES string of the molecule is C[C@@H]1C[C@H](c2ccc(C=N)c3ncccc23)CN(C(N)=O)C1. The topological polar surface area (TPSA) is 83.1 Å². The molecule has 0 spiro atoms. The van der Waals surface area contributed by atoms with Crippen LogP contribution in [0.25, 0.3) is 10.9 Å². The van der Waals surface area contributed by atoms with E-state index in [9.17, 15) is 4.79 Å². The van der Waals surface area contributed by atoms with Gasteiger partial charge in [-0.2, -0.15) is 0 Å². The van der Waals surface area contributed by atoms with Crippen molar-refractivity contribution in [3.05, 3.63) is 41.6 Å². The molecule has 1 saturated heterocycles. The van der Waals surface area contributed by atoms with E-state index >= 15 is 0 Å². The Bertz CT molecular complexity index is 728. The highest BCUT2D eigenvalue weighted by Gasteiger charge is 2.28. The third kappa shape index (κ3) is 2.54. The number of piperidine rings is 1. The highest BCUT2D eigenvalue weighted by atomic mass is 16.2. The van der Waals surface area contributed by atoms with Gasteiger partial charge in [-0.25, -0.2) is 4.79 Å². The van der Waals surface area contributed by atoms with Gasteiger partial charge in [0.2, 0.25) is 0 Å². The predicted molar refractivity (Wildman–Crippen MR) is 87.3 cm³/mol. The molecule has 5 heteroatoms. The third-order valence-corrected chi connectivity index (χ3v) is 4.40. The predicted octanol–water partition coefficient (Wildman–Crippen LogP) is 2.74. The van der Waals surface area contributed by atoms with Crippen molar-refractivity contribution in [2.45, 2.75) is 19.3 Å². The highest BCUT2D eigenvalue weighted by Crippen LogP contribution is 2.34. The van der Waals surface area contributed by atoms with Crippen LogP contribution in [-0.2, 0) is 0 Å². The molecule has 0 bridgehead atoms. The molecule has 0 radical (unpaired) electrons. The van der Waals surface area contributed by atoms with Crippen LogP contribution in [-0.4, -0.2) is 35.2 Å². The molecular weight excluding hydrogens is 276 g/mol. The number of nitrogens with zero attached hydrogens (tertiary/aromatic N) is 2. The number of amides is 2. The summed E-state index contributed by atoms with van der Waals surface area (Å²) in [6.07, 6.45) is 4.11. The number of nitrogens with two attached hydrogens (primary N) is 1. The van der Waals surface area contributed by atoms with Gasteiger partial charge >= 0.3 is 6.03 Å². The fourth-order valence-electron chi connectivity index (χ4n) is 3.45. The first-order valence-corrected chi connectivity index (χ1v) is 7.52. The van der Waals surface area contributed by atoms with Crippen LogP contribution < -0.4 is 5.73 Å². The molecule has 2 aromatic rings. The first-order chi connectivity index (χ1) is 10.6. The lowest BCUT2D eigenvalue weighted by Gasteiger charge is -2.36. The third-order valence-electron chi connectivity index (χ3n) is 4.40. The monoisotopic (exact) mass is 296 g/mol. The second kappa shape index (κ2) is 5.75. The molecule has 0 unspecified atom stereocenters. The van der Waals surface area contributed by atoms with E-state index in [0.29, 0.717) is 12.5 Å². The second-order valence-corrected chi connectivity index (χ2v) is 6.07. The summed E-state index contributed by atoms with van der Waals surface area (Å²) >= 11 is 0. The second-order valence-electron chi connectivity index (χ2n) is 6.07. The minimum Gasteiger partial charge on any atom is -0.351 e. The Morgan fingerprint density at radius 1 is 1.41 bits per heavy atom. The first-order valence-electron chi connectivity index (χ1n) is 7.52. The van der Waals surface area contributed by atoms with Crippen LogP contribution in [0.1, 0.15) is 30.4 Å². The summed E-state index contributed by atoms with van der Waals surface area (Å²) in [4.78, 5) is 17.7. The van der Waals surface area contributed by atoms with Crippen LogP contribution in [0.5, 0.6) is 0 Å². The van der Waals surface area contributed by atoms with Gasteiger partial charge in [0.25, 0.3) is 0 Å². The smallest absolute Gasteiger partial charge is 0.314 e. The van der Waals surface area contributed by atoms with E-state index < -0.39 is 0 Å². The van der Waals surface area contributed by atoms with Crippen LogP contribution in [0.4, 0.5) is 4.79 Å². The molecule has 2 heterocycles. The van der Waals surface area contributed by atoms with Crippen molar-refractivity contribution in [3.8, 4) is 0 Å². The van der Waals surface area contributed by atoms with E-state index in [1.807, 2.05) is 18.2 Å². The van der Waals surface area contributed by atoms with Gasteiger partial charge in [-0.3, -0.25) is 4.98 Å². The van der Waals surface area contributed by atoms with E-state index in [-0.39, 0.29) is 11.9 Å². The van der Waals surface area contributed by atoms with Crippen molar-refractivity contribution in [2.75, 3.05) is 13.1 Å². The average Bonchev–Trinajstić information content (AvgIpc) is 2.53. The molecule has 114 valence electrons. The van der Waals surface area contributed by atoms with Gasteiger partial charge in [0.15, 0.2) is 0 Å². The number of pyridine rings is 1. The minimum atomic E-state index is -0.352. The number of hydrogen-bond acceptors (Lipinski definition) is 3. The maximum Gasteiger partial charge on any atom is 0.314 e. The molecule has 1 aromatic heterocycles. The Balaban J connectivity index is 2.06. The number of carbonyl (C=O) groups excluding carboxylic acids is 1. The molecule has 5 nitrogen and oxygen atoms in total. The molecule has 2 amide bonds. The first kappa shape index (κ1) is 14.5. The quantitative estimate of drug-likeness (QED) is 0.835. The average molecular weight is 296 g/mol. The largest absolute Gasteiger partial charge is 0.351 e. The van der Waals surface area contributed by atoms with Crippen LogP contribution in [0, 0.1) is 11.3 Å². The molecule has 2 atom stereocenters. The van der Waals surface area contributed by atoms with Gasteiger partial charge in [0.05, 0.1) is 5.52 Å². The summed E-state index contributed by atoms with van der Waals surface area (Å²) in [6, 6.07) is 7.60. The molecule has 22 heavy (non-hydrogen) atoms. The van der Waals surface area contributed by atoms with Crippen molar-refractivity contribution < 1.29 is 4.79 Å². The highest BCUT2D eigenvalue weighted by molar-refractivity contribution is 5.98.